The number of nitrogens with one attached hydrogen (secondary N) is 1. The van der Waals surface area contributed by atoms with Crippen LogP contribution in [0.25, 0.3) is 0 Å². The van der Waals surface area contributed by atoms with Gasteiger partial charge in [0.1, 0.15) is 0 Å². The van der Waals surface area contributed by atoms with Gasteiger partial charge in [0.15, 0.2) is 0 Å². The van der Waals surface area contributed by atoms with Crippen LogP contribution in [0.4, 0.5) is 0 Å². The predicted octanol–water partition coefficient (Wildman–Crippen LogP) is 2.75. The average molecular weight is 276 g/mol. The molecule has 0 aliphatic carbocycles. The van der Waals surface area contributed by atoms with Gasteiger partial charge in [0.2, 0.25) is 0 Å². The highest BCUT2D eigenvalue weighted by molar-refractivity contribution is 7.99. The summed E-state index contributed by atoms with van der Waals surface area (Å²) >= 11 is 2.10. The van der Waals surface area contributed by atoms with Gasteiger partial charge >= 0.3 is 0 Å². The molecule has 2 heterocycles. The van der Waals surface area contributed by atoms with E-state index in [1.54, 1.807) is 0 Å². The van der Waals surface area contributed by atoms with Gasteiger partial charge in [-0.2, -0.15) is 11.8 Å². The standard InChI is InChI=1S/C16H24N2S/c1-2-5-14(6-3-1)11-18-9-4-7-15(12-18)17-16-8-10-19-13-16/h1-3,5-6,15-17H,4,7-13H2. The van der Waals surface area contributed by atoms with E-state index in [1.807, 2.05) is 0 Å². The monoisotopic (exact) mass is 276 g/mol. The largest absolute Gasteiger partial charge is 0.309 e. The first kappa shape index (κ1) is 13.5. The summed E-state index contributed by atoms with van der Waals surface area (Å²) in [5.41, 5.74) is 1.44. The van der Waals surface area contributed by atoms with Gasteiger partial charge in [-0.1, -0.05) is 30.3 Å². The van der Waals surface area contributed by atoms with Gasteiger partial charge in [-0.15, -0.1) is 0 Å². The molecule has 1 aromatic carbocycles. The third-order valence-corrected chi connectivity index (χ3v) is 5.32. The number of hydrogen-bond acceptors (Lipinski definition) is 3. The molecule has 0 amide bonds. The molecule has 1 aromatic rings. The number of nitrogens with zero attached hydrogens (tertiary/aromatic N) is 1. The molecular formula is C16H24N2S. The Hall–Kier alpha value is -0.510. The number of piperidine rings is 1. The molecule has 0 bridgehead atoms. The van der Waals surface area contributed by atoms with E-state index < -0.39 is 0 Å². The maximum absolute atomic E-state index is 3.87. The first-order valence-corrected chi connectivity index (χ1v) is 8.66. The topological polar surface area (TPSA) is 15.3 Å². The molecule has 3 heteroatoms. The number of rotatable bonds is 4. The number of hydrogen-bond donors (Lipinski definition) is 1. The van der Waals surface area contributed by atoms with Crippen molar-refractivity contribution in [2.75, 3.05) is 24.6 Å². The summed E-state index contributed by atoms with van der Waals surface area (Å²) in [6.45, 7) is 3.58. The van der Waals surface area contributed by atoms with E-state index in [1.165, 1.54) is 49.4 Å². The van der Waals surface area contributed by atoms with Crippen molar-refractivity contribution in [2.45, 2.75) is 37.9 Å². The van der Waals surface area contributed by atoms with Crippen molar-refractivity contribution in [3.63, 3.8) is 0 Å². The molecule has 2 aliphatic heterocycles. The SMILES string of the molecule is c1ccc(CN2CCCC(NC3CCSC3)C2)cc1. The number of thioether (sulfide) groups is 1. The van der Waals surface area contributed by atoms with E-state index in [9.17, 15) is 0 Å². The molecule has 3 rings (SSSR count). The molecule has 0 aromatic heterocycles. The van der Waals surface area contributed by atoms with Gasteiger partial charge in [-0.25, -0.2) is 0 Å². The van der Waals surface area contributed by atoms with Gasteiger partial charge in [0.05, 0.1) is 0 Å². The van der Waals surface area contributed by atoms with E-state index in [0.29, 0.717) is 6.04 Å². The van der Waals surface area contributed by atoms with Crippen LogP contribution >= 0.6 is 11.8 Å². The third-order valence-electron chi connectivity index (χ3n) is 4.16. The van der Waals surface area contributed by atoms with E-state index in [4.69, 9.17) is 0 Å². The summed E-state index contributed by atoms with van der Waals surface area (Å²) in [6, 6.07) is 12.3. The zero-order valence-corrected chi connectivity index (χ0v) is 12.4. The quantitative estimate of drug-likeness (QED) is 0.910. The zero-order chi connectivity index (χ0) is 12.9. The molecule has 2 aliphatic rings. The second-order valence-corrected chi connectivity index (χ2v) is 6.94. The normalized spacial score (nSPS) is 28.6. The Balaban J connectivity index is 1.50. The molecule has 2 unspecified atom stereocenters. The lowest BCUT2D eigenvalue weighted by Crippen LogP contribution is -2.48. The minimum Gasteiger partial charge on any atom is -0.309 e. The van der Waals surface area contributed by atoms with E-state index in [2.05, 4.69) is 52.3 Å². The average Bonchev–Trinajstić information content (AvgIpc) is 2.93. The third kappa shape index (κ3) is 3.98. The molecule has 2 saturated heterocycles. The van der Waals surface area contributed by atoms with Crippen LogP contribution in [0, 0.1) is 0 Å². The van der Waals surface area contributed by atoms with Gasteiger partial charge in [-0.05, 0) is 37.1 Å². The lowest BCUT2D eigenvalue weighted by atomic mass is 10.0. The maximum atomic E-state index is 3.87. The fourth-order valence-electron chi connectivity index (χ4n) is 3.18. The molecule has 2 nitrogen and oxygen atoms in total. The Bertz CT molecular complexity index is 376. The minimum atomic E-state index is 0.709. The van der Waals surface area contributed by atoms with Crippen LogP contribution in [0.15, 0.2) is 30.3 Å². The van der Waals surface area contributed by atoms with Crippen molar-refractivity contribution in [1.82, 2.24) is 10.2 Å². The van der Waals surface area contributed by atoms with Gasteiger partial charge in [0, 0.05) is 30.9 Å². The first-order chi connectivity index (χ1) is 9.40. The maximum Gasteiger partial charge on any atom is 0.0234 e. The Morgan fingerprint density at radius 2 is 2.05 bits per heavy atom. The predicted molar refractivity (Wildman–Crippen MR) is 83.6 cm³/mol. The highest BCUT2D eigenvalue weighted by atomic mass is 32.2. The molecule has 0 saturated carbocycles. The molecular weight excluding hydrogens is 252 g/mol. The van der Waals surface area contributed by atoms with Crippen molar-refractivity contribution >= 4 is 11.8 Å². The summed E-state index contributed by atoms with van der Waals surface area (Å²) in [6.07, 6.45) is 4.05. The second-order valence-electron chi connectivity index (χ2n) is 5.79. The van der Waals surface area contributed by atoms with Crippen molar-refractivity contribution in [2.24, 2.45) is 0 Å². The van der Waals surface area contributed by atoms with Crippen LogP contribution in [-0.2, 0) is 6.54 Å². The van der Waals surface area contributed by atoms with Crippen LogP contribution in [0.1, 0.15) is 24.8 Å². The van der Waals surface area contributed by atoms with Crippen LogP contribution in [0.5, 0.6) is 0 Å². The minimum absolute atomic E-state index is 0.709. The number of likely N-dealkylation sites (tertiary alicyclic amines) is 1. The molecule has 1 N–H and O–H groups in total. The highest BCUT2D eigenvalue weighted by Gasteiger charge is 2.24. The summed E-state index contributed by atoms with van der Waals surface area (Å²) < 4.78 is 0. The summed E-state index contributed by atoms with van der Waals surface area (Å²) in [7, 11) is 0. The van der Waals surface area contributed by atoms with E-state index in [0.717, 1.165) is 12.6 Å². The van der Waals surface area contributed by atoms with Crippen LogP contribution in [0.3, 0.4) is 0 Å². The second kappa shape index (κ2) is 6.78. The highest BCUT2D eigenvalue weighted by Crippen LogP contribution is 2.20. The fourth-order valence-corrected chi connectivity index (χ4v) is 4.34. The smallest absolute Gasteiger partial charge is 0.0234 e. The van der Waals surface area contributed by atoms with Crippen LogP contribution in [0.2, 0.25) is 0 Å². The summed E-state index contributed by atoms with van der Waals surface area (Å²) in [5, 5.41) is 3.87. The lowest BCUT2D eigenvalue weighted by molar-refractivity contribution is 0.177. The summed E-state index contributed by atoms with van der Waals surface area (Å²) in [5.74, 6) is 2.66. The van der Waals surface area contributed by atoms with Crippen molar-refractivity contribution in [3.8, 4) is 0 Å². The molecule has 104 valence electrons. The Kier molecular flexibility index (Phi) is 4.81. The van der Waals surface area contributed by atoms with Gasteiger partial charge < -0.3 is 5.32 Å². The Morgan fingerprint density at radius 1 is 1.16 bits per heavy atom. The Labute approximate surface area is 121 Å². The van der Waals surface area contributed by atoms with E-state index in [-0.39, 0.29) is 0 Å². The summed E-state index contributed by atoms with van der Waals surface area (Å²) in [4.78, 5) is 2.61. The van der Waals surface area contributed by atoms with Crippen molar-refractivity contribution < 1.29 is 0 Å². The van der Waals surface area contributed by atoms with Crippen LogP contribution < -0.4 is 5.32 Å². The molecule has 19 heavy (non-hydrogen) atoms. The first-order valence-electron chi connectivity index (χ1n) is 7.50. The van der Waals surface area contributed by atoms with Crippen LogP contribution in [-0.4, -0.2) is 41.6 Å². The van der Waals surface area contributed by atoms with Gasteiger partial charge in [0.25, 0.3) is 0 Å². The number of benzene rings is 1. The molecule has 0 radical (unpaired) electrons. The van der Waals surface area contributed by atoms with Crippen molar-refractivity contribution in [3.05, 3.63) is 35.9 Å². The van der Waals surface area contributed by atoms with Crippen molar-refractivity contribution in [1.29, 1.82) is 0 Å². The van der Waals surface area contributed by atoms with E-state index >= 15 is 0 Å². The van der Waals surface area contributed by atoms with Gasteiger partial charge in [-0.3, -0.25) is 4.90 Å². The molecule has 2 atom stereocenters. The molecule has 2 fully saturated rings. The fraction of sp³-hybridized carbons (Fsp3) is 0.625. The molecule has 0 spiro atoms. The Morgan fingerprint density at radius 3 is 2.84 bits per heavy atom. The lowest BCUT2D eigenvalue weighted by Gasteiger charge is -2.34. The zero-order valence-electron chi connectivity index (χ0n) is 11.6.